The van der Waals surface area contributed by atoms with Crippen LogP contribution in [0.2, 0.25) is 0 Å². The zero-order valence-corrected chi connectivity index (χ0v) is 16.9. The van der Waals surface area contributed by atoms with Crippen LogP contribution >= 0.6 is 0 Å². The summed E-state index contributed by atoms with van der Waals surface area (Å²) in [6.07, 6.45) is 8.51. The van der Waals surface area contributed by atoms with E-state index in [0.717, 1.165) is 54.1 Å². The minimum absolute atomic E-state index is 0.0722. The third-order valence-corrected chi connectivity index (χ3v) is 5.68. The van der Waals surface area contributed by atoms with Crippen LogP contribution in [0.1, 0.15) is 25.1 Å². The quantitative estimate of drug-likeness (QED) is 0.548. The van der Waals surface area contributed by atoms with Crippen molar-refractivity contribution in [2.24, 2.45) is 7.05 Å². The van der Waals surface area contributed by atoms with E-state index in [9.17, 15) is 4.79 Å². The van der Waals surface area contributed by atoms with Gasteiger partial charge in [-0.1, -0.05) is 12.1 Å². The van der Waals surface area contributed by atoms with Crippen LogP contribution < -0.4 is 5.32 Å². The number of carbonyl (C=O) groups excluding carboxylic acids is 1. The van der Waals surface area contributed by atoms with Crippen molar-refractivity contribution in [3.8, 4) is 11.4 Å². The molecule has 0 radical (unpaired) electrons. The topological polar surface area (TPSA) is 95.5 Å². The summed E-state index contributed by atoms with van der Waals surface area (Å²) in [6, 6.07) is 8.11. The maximum atomic E-state index is 12.6. The maximum absolute atomic E-state index is 12.6. The largest absolute Gasteiger partial charge is 0.353 e. The van der Waals surface area contributed by atoms with Gasteiger partial charge in [0, 0.05) is 45.2 Å². The summed E-state index contributed by atoms with van der Waals surface area (Å²) >= 11 is 0. The fourth-order valence-corrected chi connectivity index (χ4v) is 4.09. The first-order chi connectivity index (χ1) is 14.7. The van der Waals surface area contributed by atoms with E-state index in [1.807, 2.05) is 42.1 Å². The molecule has 0 fully saturated rings. The molecule has 154 valence electrons. The Bertz CT molecular complexity index is 1190. The van der Waals surface area contributed by atoms with Crippen LogP contribution in [0.15, 0.2) is 43.0 Å². The van der Waals surface area contributed by atoms with Gasteiger partial charge in [0.15, 0.2) is 5.82 Å². The van der Waals surface area contributed by atoms with Gasteiger partial charge in [-0.15, -0.1) is 10.2 Å². The van der Waals surface area contributed by atoms with Crippen LogP contribution in [-0.2, 0) is 31.4 Å². The number of hydrogen-bond acceptors (Lipinski definition) is 5. The SMILES string of the molecule is Cn1cc(-c2nnc3n2CCC(NC(=O)CCn2cnc4ccccc42)CC3)cn1. The van der Waals surface area contributed by atoms with Crippen LogP contribution in [0.3, 0.4) is 0 Å². The van der Waals surface area contributed by atoms with E-state index in [-0.39, 0.29) is 11.9 Å². The molecule has 0 aliphatic carbocycles. The highest BCUT2D eigenvalue weighted by Crippen LogP contribution is 2.22. The van der Waals surface area contributed by atoms with E-state index < -0.39 is 0 Å². The molecular weight excluding hydrogens is 380 g/mol. The van der Waals surface area contributed by atoms with Gasteiger partial charge in [-0.25, -0.2) is 4.98 Å². The molecule has 1 unspecified atom stereocenters. The number of para-hydroxylation sites is 2. The molecular formula is C21H24N8O. The smallest absolute Gasteiger partial charge is 0.222 e. The molecule has 1 aromatic carbocycles. The molecule has 1 aliphatic heterocycles. The van der Waals surface area contributed by atoms with Gasteiger partial charge in [-0.05, 0) is 25.0 Å². The average molecular weight is 404 g/mol. The monoisotopic (exact) mass is 404 g/mol. The zero-order valence-electron chi connectivity index (χ0n) is 16.9. The second-order valence-corrected chi connectivity index (χ2v) is 7.76. The lowest BCUT2D eigenvalue weighted by Gasteiger charge is -2.16. The fourth-order valence-electron chi connectivity index (χ4n) is 4.09. The molecule has 3 aromatic heterocycles. The lowest BCUT2D eigenvalue weighted by molar-refractivity contribution is -0.122. The maximum Gasteiger partial charge on any atom is 0.222 e. The predicted molar refractivity (Wildman–Crippen MR) is 111 cm³/mol. The van der Waals surface area contributed by atoms with Gasteiger partial charge in [-0.2, -0.15) is 5.10 Å². The molecule has 1 aliphatic rings. The third kappa shape index (κ3) is 3.58. The van der Waals surface area contributed by atoms with E-state index >= 15 is 0 Å². The second kappa shape index (κ2) is 7.74. The summed E-state index contributed by atoms with van der Waals surface area (Å²) in [5.41, 5.74) is 2.97. The van der Waals surface area contributed by atoms with Crippen LogP contribution in [0.5, 0.6) is 0 Å². The predicted octanol–water partition coefficient (Wildman–Crippen LogP) is 1.94. The summed E-state index contributed by atoms with van der Waals surface area (Å²) in [5.74, 6) is 1.88. The Morgan fingerprint density at radius 2 is 2.13 bits per heavy atom. The minimum Gasteiger partial charge on any atom is -0.353 e. The van der Waals surface area contributed by atoms with Crippen LogP contribution in [-0.4, -0.2) is 46.0 Å². The molecule has 0 saturated heterocycles. The lowest BCUT2D eigenvalue weighted by Crippen LogP contribution is -2.35. The number of benzene rings is 1. The third-order valence-electron chi connectivity index (χ3n) is 5.68. The van der Waals surface area contributed by atoms with Gasteiger partial charge in [0.25, 0.3) is 0 Å². The number of nitrogens with zero attached hydrogens (tertiary/aromatic N) is 7. The number of rotatable bonds is 5. The molecule has 0 spiro atoms. The number of amides is 1. The highest BCUT2D eigenvalue weighted by Gasteiger charge is 2.22. The highest BCUT2D eigenvalue weighted by atomic mass is 16.1. The van der Waals surface area contributed by atoms with E-state index in [0.29, 0.717) is 13.0 Å². The van der Waals surface area contributed by atoms with Crippen LogP contribution in [0.4, 0.5) is 0 Å². The number of aromatic nitrogens is 7. The molecule has 1 N–H and O–H groups in total. The standard InChI is InChI=1S/C21H24N8O/c1-27-13-15(12-23-27)21-26-25-19-7-6-16(8-11-29(19)21)24-20(30)9-10-28-14-22-17-4-2-3-5-18(17)28/h2-5,12-14,16H,6-11H2,1H3,(H,24,30). The van der Waals surface area contributed by atoms with Gasteiger partial charge in [0.1, 0.15) is 5.82 Å². The van der Waals surface area contributed by atoms with Gasteiger partial charge in [0.2, 0.25) is 5.91 Å². The molecule has 4 aromatic rings. The Kier molecular flexibility index (Phi) is 4.78. The van der Waals surface area contributed by atoms with Gasteiger partial charge < -0.3 is 14.5 Å². The summed E-state index contributed by atoms with van der Waals surface area (Å²) in [7, 11) is 1.89. The minimum atomic E-state index is 0.0722. The Morgan fingerprint density at radius 3 is 3.00 bits per heavy atom. The van der Waals surface area contributed by atoms with Crippen LogP contribution in [0.25, 0.3) is 22.4 Å². The molecule has 1 atom stereocenters. The first-order valence-electron chi connectivity index (χ1n) is 10.3. The number of hydrogen-bond donors (Lipinski definition) is 1. The van der Waals surface area contributed by atoms with Gasteiger partial charge in [0.05, 0.1) is 29.1 Å². The molecule has 5 rings (SSSR count). The van der Waals surface area contributed by atoms with Crippen molar-refractivity contribution in [3.63, 3.8) is 0 Å². The van der Waals surface area contributed by atoms with Crippen molar-refractivity contribution in [1.82, 2.24) is 39.4 Å². The molecule has 0 bridgehead atoms. The fraction of sp³-hybridized carbons (Fsp3) is 0.381. The normalized spacial score (nSPS) is 16.4. The highest BCUT2D eigenvalue weighted by molar-refractivity contribution is 5.77. The Hall–Kier alpha value is -3.49. The number of fused-ring (bicyclic) bond motifs is 2. The molecule has 0 saturated carbocycles. The molecule has 9 nitrogen and oxygen atoms in total. The van der Waals surface area contributed by atoms with Crippen molar-refractivity contribution in [3.05, 3.63) is 48.8 Å². The molecule has 4 heterocycles. The number of imidazole rings is 1. The summed E-state index contributed by atoms with van der Waals surface area (Å²) in [6.45, 7) is 1.40. The van der Waals surface area contributed by atoms with E-state index in [1.54, 1.807) is 17.2 Å². The zero-order chi connectivity index (χ0) is 20.5. The van der Waals surface area contributed by atoms with Gasteiger partial charge in [-0.3, -0.25) is 9.48 Å². The van der Waals surface area contributed by atoms with Gasteiger partial charge >= 0.3 is 0 Å². The van der Waals surface area contributed by atoms with Crippen molar-refractivity contribution in [2.45, 2.75) is 44.8 Å². The van der Waals surface area contributed by atoms with Crippen molar-refractivity contribution in [1.29, 1.82) is 0 Å². The lowest BCUT2D eigenvalue weighted by atomic mass is 10.1. The second-order valence-electron chi connectivity index (χ2n) is 7.76. The summed E-state index contributed by atoms with van der Waals surface area (Å²) in [4.78, 5) is 17.0. The van der Waals surface area contributed by atoms with Crippen LogP contribution in [0, 0.1) is 0 Å². The van der Waals surface area contributed by atoms with Crippen molar-refractivity contribution < 1.29 is 4.79 Å². The van der Waals surface area contributed by atoms with Crippen molar-refractivity contribution in [2.75, 3.05) is 0 Å². The summed E-state index contributed by atoms with van der Waals surface area (Å²) < 4.78 is 5.95. The molecule has 1 amide bonds. The Morgan fingerprint density at radius 1 is 1.23 bits per heavy atom. The van der Waals surface area contributed by atoms with E-state index in [4.69, 9.17) is 0 Å². The average Bonchev–Trinajstić information content (AvgIpc) is 3.44. The van der Waals surface area contributed by atoms with E-state index in [2.05, 4.69) is 30.2 Å². The number of carbonyl (C=O) groups is 1. The van der Waals surface area contributed by atoms with Crippen molar-refractivity contribution >= 4 is 16.9 Å². The number of aryl methyl sites for hydroxylation is 3. The Balaban J connectivity index is 1.19. The van der Waals surface area contributed by atoms with E-state index in [1.165, 1.54) is 0 Å². The summed E-state index contributed by atoms with van der Waals surface area (Å²) in [5, 5.41) is 16.2. The Labute approximate surface area is 173 Å². The number of nitrogens with one attached hydrogen (secondary N) is 1. The molecule has 30 heavy (non-hydrogen) atoms. The first-order valence-corrected chi connectivity index (χ1v) is 10.3. The molecule has 9 heteroatoms. The first kappa shape index (κ1) is 18.5.